The Morgan fingerprint density at radius 2 is 1.90 bits per heavy atom. The van der Waals surface area contributed by atoms with E-state index in [2.05, 4.69) is 46.3 Å². The summed E-state index contributed by atoms with van der Waals surface area (Å²) in [5.74, 6) is 1.54. The van der Waals surface area contributed by atoms with Crippen molar-refractivity contribution in [2.45, 2.75) is 42.8 Å². The number of benzene rings is 1. The zero-order chi connectivity index (χ0) is 14.6. The summed E-state index contributed by atoms with van der Waals surface area (Å²) in [5.41, 5.74) is 1.43. The summed E-state index contributed by atoms with van der Waals surface area (Å²) in [6, 6.07) is 10.7. The summed E-state index contributed by atoms with van der Waals surface area (Å²) in [6.07, 6.45) is 6.70. The summed E-state index contributed by atoms with van der Waals surface area (Å²) in [7, 11) is -2.82. The molecule has 0 aromatic heterocycles. The van der Waals surface area contributed by atoms with E-state index in [4.69, 9.17) is 0 Å². The second-order valence-corrected chi connectivity index (χ2v) is 9.40. The second kappa shape index (κ2) is 7.08. The highest BCUT2D eigenvalue weighted by Crippen LogP contribution is 2.41. The molecule has 1 aromatic carbocycles. The van der Waals surface area contributed by atoms with Gasteiger partial charge in [-0.15, -0.1) is 0 Å². The van der Waals surface area contributed by atoms with Crippen molar-refractivity contribution >= 4 is 25.8 Å². The molecule has 0 spiro atoms. The van der Waals surface area contributed by atoms with Crippen molar-refractivity contribution in [3.63, 3.8) is 0 Å². The molecule has 3 unspecified atom stereocenters. The third-order valence-electron chi connectivity index (χ3n) is 4.25. The Morgan fingerprint density at radius 3 is 2.55 bits per heavy atom. The van der Waals surface area contributed by atoms with Crippen LogP contribution < -0.4 is 0 Å². The van der Waals surface area contributed by atoms with Crippen LogP contribution in [0.15, 0.2) is 30.3 Å². The van der Waals surface area contributed by atoms with Crippen LogP contribution in [0, 0.1) is 5.92 Å². The molecule has 0 heterocycles. The maximum atomic E-state index is 11.2. The van der Waals surface area contributed by atoms with E-state index in [1.54, 1.807) is 0 Å². The van der Waals surface area contributed by atoms with Crippen molar-refractivity contribution in [1.82, 2.24) is 0 Å². The van der Waals surface area contributed by atoms with Gasteiger partial charge in [-0.1, -0.05) is 46.3 Å². The predicted molar refractivity (Wildman–Crippen MR) is 88.2 cm³/mol. The van der Waals surface area contributed by atoms with E-state index in [-0.39, 0.29) is 0 Å². The summed E-state index contributed by atoms with van der Waals surface area (Å²) < 4.78 is 22.5. The van der Waals surface area contributed by atoms with E-state index in [9.17, 15) is 8.42 Å². The molecule has 0 radical (unpaired) electrons. The number of hydrogen-bond donors (Lipinski definition) is 0. The van der Waals surface area contributed by atoms with Crippen LogP contribution in [0.25, 0.3) is 0 Å². The second-order valence-electron chi connectivity index (χ2n) is 5.97. The molecule has 0 amide bonds. The molecule has 1 aromatic rings. The van der Waals surface area contributed by atoms with E-state index >= 15 is 0 Å². The van der Waals surface area contributed by atoms with Crippen molar-refractivity contribution in [2.24, 2.45) is 5.92 Å². The van der Waals surface area contributed by atoms with Gasteiger partial charge in [0.05, 0.1) is 0 Å². The molecule has 1 fully saturated rings. The summed E-state index contributed by atoms with van der Waals surface area (Å²) in [4.78, 5) is 0.544. The average molecular weight is 359 g/mol. The largest absolute Gasteiger partial charge is 0.229 e. The van der Waals surface area contributed by atoms with E-state index in [1.165, 1.54) is 31.1 Å². The first-order valence-corrected chi connectivity index (χ1v) is 10.3. The first-order chi connectivity index (χ1) is 9.46. The number of alkyl halides is 1. The molecular formula is C16H23BrO2S. The Hall–Kier alpha value is -0.350. The SMILES string of the molecule is CS(=O)(=O)CCCC1CC(c2ccccc2)CCC1Br. The molecular weight excluding hydrogens is 336 g/mol. The van der Waals surface area contributed by atoms with Crippen molar-refractivity contribution in [3.8, 4) is 0 Å². The fraction of sp³-hybridized carbons (Fsp3) is 0.625. The Balaban J connectivity index is 1.91. The lowest BCUT2D eigenvalue weighted by atomic mass is 9.76. The normalized spacial score (nSPS) is 27.4. The van der Waals surface area contributed by atoms with E-state index in [0.717, 1.165) is 12.8 Å². The molecule has 2 rings (SSSR count). The van der Waals surface area contributed by atoms with Gasteiger partial charge >= 0.3 is 0 Å². The van der Waals surface area contributed by atoms with E-state index in [0.29, 0.717) is 22.4 Å². The van der Waals surface area contributed by atoms with Crippen LogP contribution in [0.4, 0.5) is 0 Å². The van der Waals surface area contributed by atoms with Crippen LogP contribution in [0.5, 0.6) is 0 Å². The topological polar surface area (TPSA) is 34.1 Å². The molecule has 0 N–H and O–H groups in total. The van der Waals surface area contributed by atoms with Crippen molar-refractivity contribution in [2.75, 3.05) is 12.0 Å². The van der Waals surface area contributed by atoms with Gasteiger partial charge in [-0.05, 0) is 49.5 Å². The van der Waals surface area contributed by atoms with Crippen LogP contribution in [-0.4, -0.2) is 25.3 Å². The Bertz CT molecular complexity index is 513. The minimum absolute atomic E-state index is 0.319. The van der Waals surface area contributed by atoms with Crippen LogP contribution >= 0.6 is 15.9 Å². The van der Waals surface area contributed by atoms with E-state index in [1.807, 2.05) is 0 Å². The third kappa shape index (κ3) is 4.88. The highest BCUT2D eigenvalue weighted by Gasteiger charge is 2.29. The molecule has 112 valence electrons. The molecule has 0 bridgehead atoms. The molecule has 1 aliphatic rings. The van der Waals surface area contributed by atoms with Gasteiger partial charge in [0.25, 0.3) is 0 Å². The lowest BCUT2D eigenvalue weighted by Gasteiger charge is -2.33. The number of hydrogen-bond acceptors (Lipinski definition) is 2. The average Bonchev–Trinajstić information content (AvgIpc) is 2.40. The summed E-state index contributed by atoms with van der Waals surface area (Å²) >= 11 is 3.79. The fourth-order valence-corrected chi connectivity index (χ4v) is 4.60. The van der Waals surface area contributed by atoms with Crippen LogP contribution in [0.3, 0.4) is 0 Å². The van der Waals surface area contributed by atoms with Gasteiger partial charge in [0.1, 0.15) is 9.84 Å². The Morgan fingerprint density at radius 1 is 1.20 bits per heavy atom. The summed E-state index contributed by atoms with van der Waals surface area (Å²) in [5, 5.41) is 0. The van der Waals surface area contributed by atoms with Crippen LogP contribution in [-0.2, 0) is 9.84 Å². The Labute approximate surface area is 131 Å². The molecule has 2 nitrogen and oxygen atoms in total. The zero-order valence-corrected chi connectivity index (χ0v) is 14.4. The molecule has 1 saturated carbocycles. The molecule has 0 saturated heterocycles. The highest BCUT2D eigenvalue weighted by atomic mass is 79.9. The molecule has 20 heavy (non-hydrogen) atoms. The quantitative estimate of drug-likeness (QED) is 0.740. The van der Waals surface area contributed by atoms with Gasteiger partial charge in [0.15, 0.2) is 0 Å². The predicted octanol–water partition coefficient (Wildman–Crippen LogP) is 4.16. The third-order valence-corrected chi connectivity index (χ3v) is 6.49. The first-order valence-electron chi connectivity index (χ1n) is 7.32. The van der Waals surface area contributed by atoms with Crippen molar-refractivity contribution in [3.05, 3.63) is 35.9 Å². The number of halogens is 1. The minimum atomic E-state index is -2.82. The smallest absolute Gasteiger partial charge is 0.147 e. The van der Waals surface area contributed by atoms with Gasteiger partial charge in [-0.25, -0.2) is 8.42 Å². The van der Waals surface area contributed by atoms with Gasteiger partial charge in [-0.3, -0.25) is 0 Å². The van der Waals surface area contributed by atoms with Crippen molar-refractivity contribution in [1.29, 1.82) is 0 Å². The van der Waals surface area contributed by atoms with E-state index < -0.39 is 9.84 Å². The van der Waals surface area contributed by atoms with Crippen LogP contribution in [0.1, 0.15) is 43.6 Å². The zero-order valence-electron chi connectivity index (χ0n) is 12.0. The molecule has 1 aliphatic carbocycles. The van der Waals surface area contributed by atoms with Gasteiger partial charge in [-0.2, -0.15) is 0 Å². The highest BCUT2D eigenvalue weighted by molar-refractivity contribution is 9.09. The number of rotatable bonds is 5. The number of sulfone groups is 1. The monoisotopic (exact) mass is 358 g/mol. The maximum absolute atomic E-state index is 11.2. The standard InChI is InChI=1S/C16H23BrO2S/c1-20(18,19)11-5-8-15-12-14(9-10-16(15)17)13-6-3-2-4-7-13/h2-4,6-7,14-16H,5,8-12H2,1H3. The molecule has 3 atom stereocenters. The van der Waals surface area contributed by atoms with Gasteiger partial charge in [0, 0.05) is 16.8 Å². The minimum Gasteiger partial charge on any atom is -0.229 e. The van der Waals surface area contributed by atoms with Crippen molar-refractivity contribution < 1.29 is 8.42 Å². The first kappa shape index (κ1) is 16.0. The van der Waals surface area contributed by atoms with Gasteiger partial charge < -0.3 is 0 Å². The Kier molecular flexibility index (Phi) is 5.67. The lowest BCUT2D eigenvalue weighted by molar-refractivity contribution is 0.318. The lowest BCUT2D eigenvalue weighted by Crippen LogP contribution is -2.24. The maximum Gasteiger partial charge on any atom is 0.147 e. The molecule has 4 heteroatoms. The molecule has 0 aliphatic heterocycles. The van der Waals surface area contributed by atoms with Gasteiger partial charge in [0.2, 0.25) is 0 Å². The summed E-state index contributed by atoms with van der Waals surface area (Å²) in [6.45, 7) is 0. The van der Waals surface area contributed by atoms with Crippen LogP contribution in [0.2, 0.25) is 0 Å². The fourth-order valence-electron chi connectivity index (χ4n) is 3.16.